The van der Waals surface area contributed by atoms with Crippen LogP contribution in [0.4, 0.5) is 13.2 Å². The highest BCUT2D eigenvalue weighted by molar-refractivity contribution is 5.83. The number of carbonyl (C=O) groups is 1. The minimum atomic E-state index is -4.44. The molecule has 2 aliphatic heterocycles. The molecule has 0 radical (unpaired) electrons. The van der Waals surface area contributed by atoms with E-state index in [1.165, 1.54) is 0 Å². The number of alkyl halides is 3. The van der Waals surface area contributed by atoms with Gasteiger partial charge in [0, 0.05) is 30.6 Å². The Morgan fingerprint density at radius 2 is 2.08 bits per heavy atom. The molecule has 2 atom stereocenters. The normalized spacial score (nSPS) is 29.0. The molecular formula is C17H23F3N4O. The molecule has 1 amide bonds. The van der Waals surface area contributed by atoms with Gasteiger partial charge in [0.05, 0.1) is 0 Å². The molecular weight excluding hydrogens is 333 g/mol. The van der Waals surface area contributed by atoms with Crippen LogP contribution in [-0.4, -0.2) is 47.2 Å². The van der Waals surface area contributed by atoms with E-state index in [2.05, 4.69) is 15.5 Å². The lowest BCUT2D eigenvalue weighted by molar-refractivity contribution is -0.141. The molecule has 0 bridgehead atoms. The Balaban J connectivity index is 1.41. The first-order valence-electron chi connectivity index (χ1n) is 9.01. The molecule has 2 saturated heterocycles. The molecule has 5 nitrogen and oxygen atoms in total. The summed E-state index contributed by atoms with van der Waals surface area (Å²) in [4.78, 5) is 14.7. The number of aromatic nitrogens is 2. The number of hydrogen-bond acceptors (Lipinski definition) is 3. The second kappa shape index (κ2) is 6.00. The Labute approximate surface area is 144 Å². The Bertz CT molecular complexity index is 651. The van der Waals surface area contributed by atoms with Crippen molar-refractivity contribution in [3.63, 3.8) is 0 Å². The number of amides is 1. The summed E-state index contributed by atoms with van der Waals surface area (Å²) in [6.07, 6.45) is 0.235. The van der Waals surface area contributed by atoms with Crippen LogP contribution >= 0.6 is 0 Å². The largest absolute Gasteiger partial charge is 0.435 e. The maximum absolute atomic E-state index is 12.9. The van der Waals surface area contributed by atoms with Crippen LogP contribution in [0.25, 0.3) is 0 Å². The number of hydrogen-bond donors (Lipinski definition) is 2. The molecule has 1 spiro atoms. The second-order valence-corrected chi connectivity index (χ2v) is 7.70. The molecule has 2 N–H and O–H groups in total. The van der Waals surface area contributed by atoms with Crippen molar-refractivity contribution in [1.29, 1.82) is 0 Å². The number of likely N-dealkylation sites (tertiary alicyclic amines) is 1. The lowest BCUT2D eigenvalue weighted by Crippen LogP contribution is -2.41. The fourth-order valence-corrected chi connectivity index (χ4v) is 4.52. The zero-order valence-electron chi connectivity index (χ0n) is 14.0. The van der Waals surface area contributed by atoms with Crippen LogP contribution in [0.5, 0.6) is 0 Å². The van der Waals surface area contributed by atoms with Gasteiger partial charge in [-0.1, -0.05) is 0 Å². The number of H-pyrrole nitrogens is 1. The third-order valence-electron chi connectivity index (χ3n) is 6.15. The van der Waals surface area contributed by atoms with E-state index in [9.17, 15) is 18.0 Å². The Morgan fingerprint density at radius 3 is 2.76 bits per heavy atom. The van der Waals surface area contributed by atoms with Crippen molar-refractivity contribution in [3.8, 4) is 0 Å². The van der Waals surface area contributed by atoms with Crippen molar-refractivity contribution in [2.45, 2.75) is 44.2 Å². The van der Waals surface area contributed by atoms with E-state index < -0.39 is 11.9 Å². The van der Waals surface area contributed by atoms with Crippen LogP contribution < -0.4 is 5.32 Å². The van der Waals surface area contributed by atoms with E-state index in [0.29, 0.717) is 18.8 Å². The topological polar surface area (TPSA) is 61.0 Å². The highest BCUT2D eigenvalue weighted by atomic mass is 19.4. The first-order chi connectivity index (χ1) is 11.9. The van der Waals surface area contributed by atoms with Crippen molar-refractivity contribution in [3.05, 3.63) is 17.5 Å². The Morgan fingerprint density at radius 1 is 1.32 bits per heavy atom. The summed E-state index contributed by atoms with van der Waals surface area (Å²) in [7, 11) is 0. The van der Waals surface area contributed by atoms with Gasteiger partial charge in [-0.3, -0.25) is 9.89 Å². The van der Waals surface area contributed by atoms with Crippen LogP contribution in [0.3, 0.4) is 0 Å². The van der Waals surface area contributed by atoms with Crippen molar-refractivity contribution >= 4 is 5.91 Å². The molecule has 1 aliphatic carbocycles. The van der Waals surface area contributed by atoms with Gasteiger partial charge in [0.2, 0.25) is 5.91 Å². The predicted molar refractivity (Wildman–Crippen MR) is 84.8 cm³/mol. The number of piperidine rings is 2. The number of halogens is 3. The molecule has 2 unspecified atom stereocenters. The first-order valence-corrected chi connectivity index (χ1v) is 9.01. The van der Waals surface area contributed by atoms with Gasteiger partial charge in [0.25, 0.3) is 0 Å². The number of carbonyl (C=O) groups excluding carboxylic acids is 1. The maximum Gasteiger partial charge on any atom is 0.435 e. The standard InChI is InChI=1S/C17H23F3N4O/c18-17(19,20)14-8-13(22-23-14)11-2-1-7-24(10-11)15(25)12-9-16(12)3-5-21-6-4-16/h8,11-12,21H,1-7,9-10H2,(H,22,23). The number of aromatic amines is 1. The SMILES string of the molecule is O=C(C1CC12CCNCC2)N1CCCC(c2cc(C(F)(F)F)n[nH]2)C1. The molecule has 3 heterocycles. The van der Waals surface area contributed by atoms with Crippen molar-refractivity contribution in [2.24, 2.45) is 11.3 Å². The molecule has 3 aliphatic rings. The minimum Gasteiger partial charge on any atom is -0.342 e. The Kier molecular flexibility index (Phi) is 4.05. The zero-order chi connectivity index (χ0) is 17.7. The maximum atomic E-state index is 12.9. The molecule has 1 saturated carbocycles. The van der Waals surface area contributed by atoms with Gasteiger partial charge in [-0.25, -0.2) is 0 Å². The monoisotopic (exact) mass is 356 g/mol. The van der Waals surface area contributed by atoms with E-state index in [0.717, 1.165) is 51.3 Å². The van der Waals surface area contributed by atoms with E-state index in [1.807, 2.05) is 4.90 Å². The summed E-state index contributed by atoms with van der Waals surface area (Å²) in [6, 6.07) is 1.09. The van der Waals surface area contributed by atoms with E-state index in [1.54, 1.807) is 0 Å². The first kappa shape index (κ1) is 16.9. The fourth-order valence-electron chi connectivity index (χ4n) is 4.52. The van der Waals surface area contributed by atoms with Gasteiger partial charge in [0.1, 0.15) is 0 Å². The molecule has 138 valence electrons. The van der Waals surface area contributed by atoms with Gasteiger partial charge >= 0.3 is 6.18 Å². The van der Waals surface area contributed by atoms with Crippen molar-refractivity contribution < 1.29 is 18.0 Å². The molecule has 8 heteroatoms. The van der Waals surface area contributed by atoms with Crippen LogP contribution in [0.2, 0.25) is 0 Å². The molecule has 0 aromatic carbocycles. The smallest absolute Gasteiger partial charge is 0.342 e. The summed E-state index contributed by atoms with van der Waals surface area (Å²) in [6.45, 7) is 3.14. The predicted octanol–water partition coefficient (Wildman–Crippen LogP) is 2.52. The van der Waals surface area contributed by atoms with E-state index >= 15 is 0 Å². The van der Waals surface area contributed by atoms with Gasteiger partial charge in [-0.15, -0.1) is 0 Å². The number of nitrogens with one attached hydrogen (secondary N) is 2. The quantitative estimate of drug-likeness (QED) is 0.856. The average molecular weight is 356 g/mol. The van der Waals surface area contributed by atoms with Gasteiger partial charge in [0.15, 0.2) is 5.69 Å². The van der Waals surface area contributed by atoms with Crippen molar-refractivity contribution in [2.75, 3.05) is 26.2 Å². The van der Waals surface area contributed by atoms with Crippen LogP contribution in [0, 0.1) is 11.3 Å². The van der Waals surface area contributed by atoms with Crippen molar-refractivity contribution in [1.82, 2.24) is 20.4 Å². The van der Waals surface area contributed by atoms with Crippen LogP contribution in [-0.2, 0) is 11.0 Å². The summed E-state index contributed by atoms with van der Waals surface area (Å²) < 4.78 is 38.2. The average Bonchev–Trinajstić information content (AvgIpc) is 3.06. The molecule has 4 rings (SSSR count). The van der Waals surface area contributed by atoms with Crippen LogP contribution in [0.1, 0.15) is 49.4 Å². The van der Waals surface area contributed by atoms with E-state index in [4.69, 9.17) is 0 Å². The lowest BCUT2D eigenvalue weighted by Gasteiger charge is -2.33. The van der Waals surface area contributed by atoms with E-state index in [-0.39, 0.29) is 23.2 Å². The zero-order valence-corrected chi connectivity index (χ0v) is 14.0. The van der Waals surface area contributed by atoms with Gasteiger partial charge < -0.3 is 10.2 Å². The number of rotatable bonds is 2. The molecule has 25 heavy (non-hydrogen) atoms. The summed E-state index contributed by atoms with van der Waals surface area (Å²) in [5.41, 5.74) is -0.216. The van der Waals surface area contributed by atoms with Gasteiger partial charge in [-0.2, -0.15) is 18.3 Å². The third-order valence-corrected chi connectivity index (χ3v) is 6.15. The summed E-state index contributed by atoms with van der Waals surface area (Å²) in [5.74, 6) is 0.215. The molecule has 1 aromatic rings. The summed E-state index contributed by atoms with van der Waals surface area (Å²) >= 11 is 0. The summed E-state index contributed by atoms with van der Waals surface area (Å²) in [5, 5.41) is 9.25. The molecule has 3 fully saturated rings. The number of nitrogens with zero attached hydrogens (tertiary/aromatic N) is 2. The highest BCUT2D eigenvalue weighted by Crippen LogP contribution is 2.59. The lowest BCUT2D eigenvalue weighted by atomic mass is 9.90. The minimum absolute atomic E-state index is 0.0935. The second-order valence-electron chi connectivity index (χ2n) is 7.70. The fraction of sp³-hybridized carbons (Fsp3) is 0.765. The molecule has 1 aromatic heterocycles. The van der Waals surface area contributed by atoms with Gasteiger partial charge in [-0.05, 0) is 56.7 Å². The highest BCUT2D eigenvalue weighted by Gasteiger charge is 2.58. The van der Waals surface area contributed by atoms with Crippen LogP contribution in [0.15, 0.2) is 6.07 Å². The Hall–Kier alpha value is -1.57. The third kappa shape index (κ3) is 3.16.